The van der Waals surface area contributed by atoms with Crippen molar-refractivity contribution in [2.75, 3.05) is 11.4 Å². The molecule has 1 N–H and O–H groups in total. The van der Waals surface area contributed by atoms with Gasteiger partial charge in [-0.05, 0) is 55.2 Å². The van der Waals surface area contributed by atoms with Crippen molar-refractivity contribution in [1.29, 1.82) is 0 Å². The number of hydrogen-bond donors (Lipinski definition) is 1. The number of anilines is 1. The highest BCUT2D eigenvalue weighted by atomic mass is 19.4. The van der Waals surface area contributed by atoms with Gasteiger partial charge in [-0.2, -0.15) is 13.2 Å². The van der Waals surface area contributed by atoms with E-state index in [1.807, 2.05) is 32.0 Å². The molecule has 1 heterocycles. The van der Waals surface area contributed by atoms with Gasteiger partial charge in [0.2, 0.25) is 11.8 Å². The summed E-state index contributed by atoms with van der Waals surface area (Å²) in [6.07, 6.45) is -4.06. The number of carbonyl (C=O) groups excluding carboxylic acids is 2. The molecule has 0 aromatic heterocycles. The van der Waals surface area contributed by atoms with Crippen molar-refractivity contribution >= 4 is 17.5 Å². The molecule has 1 atom stereocenters. The molecular weight excluding hydrogens is 369 g/mol. The number of rotatable bonds is 4. The minimum atomic E-state index is -4.44. The number of amides is 2. The maximum absolute atomic E-state index is 12.8. The molecule has 1 saturated heterocycles. The van der Waals surface area contributed by atoms with Crippen molar-refractivity contribution in [1.82, 2.24) is 5.32 Å². The molecule has 2 amide bonds. The minimum absolute atomic E-state index is 0.0595. The van der Waals surface area contributed by atoms with E-state index in [1.165, 1.54) is 12.1 Å². The van der Waals surface area contributed by atoms with Crippen LogP contribution in [0.3, 0.4) is 0 Å². The van der Waals surface area contributed by atoms with Gasteiger partial charge in [0, 0.05) is 18.8 Å². The largest absolute Gasteiger partial charge is 0.416 e. The minimum Gasteiger partial charge on any atom is -0.351 e. The fourth-order valence-corrected chi connectivity index (χ4v) is 3.34. The Balaban J connectivity index is 1.66. The van der Waals surface area contributed by atoms with Crippen LogP contribution in [0.5, 0.6) is 0 Å². The summed E-state index contributed by atoms with van der Waals surface area (Å²) in [5, 5.41) is 2.59. The average Bonchev–Trinajstić information content (AvgIpc) is 3.02. The number of halogens is 3. The van der Waals surface area contributed by atoms with Crippen molar-refractivity contribution in [2.24, 2.45) is 5.92 Å². The van der Waals surface area contributed by atoms with Crippen LogP contribution in [0.15, 0.2) is 42.5 Å². The summed E-state index contributed by atoms with van der Waals surface area (Å²) in [6.45, 7) is 4.21. The zero-order valence-electron chi connectivity index (χ0n) is 15.6. The number of benzene rings is 2. The Bertz CT molecular complexity index is 909. The van der Waals surface area contributed by atoms with Crippen LogP contribution in [-0.4, -0.2) is 18.4 Å². The smallest absolute Gasteiger partial charge is 0.351 e. The van der Waals surface area contributed by atoms with Crippen molar-refractivity contribution in [2.45, 2.75) is 33.0 Å². The second kappa shape index (κ2) is 7.66. The summed E-state index contributed by atoms with van der Waals surface area (Å²) < 4.78 is 38.4. The van der Waals surface area contributed by atoms with Crippen molar-refractivity contribution in [3.63, 3.8) is 0 Å². The summed E-state index contributed by atoms with van der Waals surface area (Å²) >= 11 is 0. The molecule has 1 aliphatic rings. The predicted octanol–water partition coefficient (Wildman–Crippen LogP) is 3.99. The highest BCUT2D eigenvalue weighted by molar-refractivity contribution is 6.09. The Kier molecular flexibility index (Phi) is 5.45. The lowest BCUT2D eigenvalue weighted by Crippen LogP contribution is -2.36. The first-order valence-corrected chi connectivity index (χ1v) is 8.99. The van der Waals surface area contributed by atoms with E-state index in [0.717, 1.165) is 28.9 Å². The number of nitrogens with zero attached hydrogens (tertiary/aromatic N) is 1. The van der Waals surface area contributed by atoms with Crippen LogP contribution < -0.4 is 10.2 Å². The quantitative estimate of drug-likeness (QED) is 0.803. The second-order valence-electron chi connectivity index (χ2n) is 7.04. The van der Waals surface area contributed by atoms with Crippen LogP contribution in [0.25, 0.3) is 0 Å². The maximum atomic E-state index is 12.8. The Morgan fingerprint density at radius 3 is 2.64 bits per heavy atom. The number of nitrogens with one attached hydrogen (secondary N) is 1. The van der Waals surface area contributed by atoms with E-state index in [1.54, 1.807) is 4.90 Å². The maximum Gasteiger partial charge on any atom is 0.416 e. The van der Waals surface area contributed by atoms with E-state index in [9.17, 15) is 22.8 Å². The fraction of sp³-hybridized carbons (Fsp3) is 0.333. The molecule has 148 valence electrons. The first-order chi connectivity index (χ1) is 13.2. The van der Waals surface area contributed by atoms with Gasteiger partial charge in [-0.15, -0.1) is 0 Å². The topological polar surface area (TPSA) is 49.4 Å². The third kappa shape index (κ3) is 4.18. The molecule has 3 rings (SSSR count). The molecule has 1 unspecified atom stereocenters. The van der Waals surface area contributed by atoms with Gasteiger partial charge in [0.25, 0.3) is 0 Å². The molecule has 2 aromatic carbocycles. The van der Waals surface area contributed by atoms with Crippen LogP contribution in [0, 0.1) is 19.8 Å². The Morgan fingerprint density at radius 2 is 1.93 bits per heavy atom. The SMILES string of the molecule is Cc1ccc(C)c(N2CCC(C(=O)NCc3cccc(C(F)(F)F)c3)C2=O)c1. The van der Waals surface area contributed by atoms with Gasteiger partial charge in [-0.3, -0.25) is 9.59 Å². The molecule has 0 saturated carbocycles. The van der Waals surface area contributed by atoms with Gasteiger partial charge in [0.1, 0.15) is 5.92 Å². The van der Waals surface area contributed by atoms with Crippen molar-refractivity contribution < 1.29 is 22.8 Å². The van der Waals surface area contributed by atoms with Gasteiger partial charge < -0.3 is 10.2 Å². The van der Waals surface area contributed by atoms with E-state index in [-0.39, 0.29) is 12.5 Å². The summed E-state index contributed by atoms with van der Waals surface area (Å²) in [6, 6.07) is 10.6. The highest BCUT2D eigenvalue weighted by Gasteiger charge is 2.38. The fourth-order valence-electron chi connectivity index (χ4n) is 3.34. The molecular formula is C21H21F3N2O2. The van der Waals surface area contributed by atoms with Gasteiger partial charge in [-0.1, -0.05) is 24.3 Å². The average molecular weight is 390 g/mol. The van der Waals surface area contributed by atoms with E-state index in [2.05, 4.69) is 5.32 Å². The summed E-state index contributed by atoms with van der Waals surface area (Å²) in [4.78, 5) is 26.8. The third-order valence-corrected chi connectivity index (χ3v) is 4.90. The van der Waals surface area contributed by atoms with Crippen LogP contribution >= 0.6 is 0 Å². The zero-order valence-corrected chi connectivity index (χ0v) is 15.6. The first-order valence-electron chi connectivity index (χ1n) is 8.99. The molecule has 0 spiro atoms. The summed E-state index contributed by atoms with van der Waals surface area (Å²) in [5.74, 6) is -1.57. The Morgan fingerprint density at radius 1 is 1.18 bits per heavy atom. The molecule has 7 heteroatoms. The molecule has 0 radical (unpaired) electrons. The molecule has 4 nitrogen and oxygen atoms in total. The van der Waals surface area contributed by atoms with Gasteiger partial charge >= 0.3 is 6.18 Å². The lowest BCUT2D eigenvalue weighted by atomic mass is 10.1. The molecule has 0 aliphatic carbocycles. The number of hydrogen-bond acceptors (Lipinski definition) is 2. The Hall–Kier alpha value is -2.83. The van der Waals surface area contributed by atoms with Crippen molar-refractivity contribution in [3.05, 3.63) is 64.7 Å². The highest BCUT2D eigenvalue weighted by Crippen LogP contribution is 2.30. The Labute approximate surface area is 161 Å². The lowest BCUT2D eigenvalue weighted by molar-refractivity contribution is -0.137. The molecule has 1 fully saturated rings. The molecule has 0 bridgehead atoms. The summed E-state index contributed by atoms with van der Waals surface area (Å²) in [7, 11) is 0. The first kappa shape index (κ1) is 19.9. The molecule has 2 aromatic rings. The van der Waals surface area contributed by atoms with Gasteiger partial charge in [0.15, 0.2) is 0 Å². The zero-order chi connectivity index (χ0) is 20.5. The van der Waals surface area contributed by atoms with E-state index < -0.39 is 23.6 Å². The van der Waals surface area contributed by atoms with E-state index in [0.29, 0.717) is 18.5 Å². The van der Waals surface area contributed by atoms with Crippen LogP contribution in [-0.2, 0) is 22.3 Å². The van der Waals surface area contributed by atoms with E-state index in [4.69, 9.17) is 0 Å². The second-order valence-corrected chi connectivity index (χ2v) is 7.04. The number of aryl methyl sites for hydroxylation is 2. The standard InChI is InChI=1S/C21H21F3N2O2/c1-13-6-7-14(2)18(10-13)26-9-8-17(20(26)28)19(27)25-12-15-4-3-5-16(11-15)21(22,23)24/h3-7,10-11,17H,8-9,12H2,1-2H3,(H,25,27). The lowest BCUT2D eigenvalue weighted by Gasteiger charge is -2.19. The van der Waals surface area contributed by atoms with Crippen LogP contribution in [0.1, 0.15) is 28.7 Å². The third-order valence-electron chi connectivity index (χ3n) is 4.90. The van der Waals surface area contributed by atoms with Gasteiger partial charge in [0.05, 0.1) is 5.56 Å². The van der Waals surface area contributed by atoms with E-state index >= 15 is 0 Å². The van der Waals surface area contributed by atoms with Crippen LogP contribution in [0.2, 0.25) is 0 Å². The monoisotopic (exact) mass is 390 g/mol. The number of carbonyl (C=O) groups is 2. The van der Waals surface area contributed by atoms with Crippen molar-refractivity contribution in [3.8, 4) is 0 Å². The van der Waals surface area contributed by atoms with Gasteiger partial charge in [-0.25, -0.2) is 0 Å². The predicted molar refractivity (Wildman–Crippen MR) is 99.7 cm³/mol. The normalized spacial score (nSPS) is 17.1. The van der Waals surface area contributed by atoms with Crippen LogP contribution in [0.4, 0.5) is 18.9 Å². The molecule has 28 heavy (non-hydrogen) atoms. The number of alkyl halides is 3. The molecule has 1 aliphatic heterocycles. The summed E-state index contributed by atoms with van der Waals surface area (Å²) in [5.41, 5.74) is 2.32.